The first-order valence-electron chi connectivity index (χ1n) is 6.24. The number of carbonyl (C=O) groups excluding carboxylic acids is 2. The van der Waals surface area contributed by atoms with E-state index in [1.807, 2.05) is 24.3 Å². The van der Waals surface area contributed by atoms with E-state index >= 15 is 0 Å². The molecule has 104 valence electrons. The molecule has 5 heteroatoms. The van der Waals surface area contributed by atoms with Crippen molar-refractivity contribution in [2.24, 2.45) is 0 Å². The lowest BCUT2D eigenvalue weighted by Gasteiger charge is -2.23. The van der Waals surface area contributed by atoms with Gasteiger partial charge in [-0.1, -0.05) is 19.1 Å². The molecule has 0 aliphatic rings. The van der Waals surface area contributed by atoms with Crippen LogP contribution in [-0.4, -0.2) is 30.7 Å². The molecule has 0 saturated heterocycles. The molecule has 4 nitrogen and oxygen atoms in total. The van der Waals surface area contributed by atoms with Gasteiger partial charge in [0.1, 0.15) is 6.04 Å². The average Bonchev–Trinajstić information content (AvgIpc) is 2.43. The van der Waals surface area contributed by atoms with Crippen molar-refractivity contribution >= 4 is 30.1 Å². The fourth-order valence-electron chi connectivity index (χ4n) is 1.75. The second-order valence-electron chi connectivity index (χ2n) is 4.35. The van der Waals surface area contributed by atoms with Gasteiger partial charge in [-0.2, -0.15) is 12.6 Å². The normalized spacial score (nSPS) is 11.8. The molecule has 1 atom stereocenters. The molecular formula is C14H20N2O2S. The summed E-state index contributed by atoms with van der Waals surface area (Å²) in [5, 5.41) is 2.60. The van der Waals surface area contributed by atoms with Gasteiger partial charge >= 0.3 is 0 Å². The van der Waals surface area contributed by atoms with Gasteiger partial charge in [0, 0.05) is 25.4 Å². The lowest BCUT2D eigenvalue weighted by atomic mass is 10.1. The molecule has 0 radical (unpaired) electrons. The third kappa shape index (κ3) is 4.28. The van der Waals surface area contributed by atoms with E-state index < -0.39 is 6.04 Å². The van der Waals surface area contributed by atoms with Crippen molar-refractivity contribution in [3.63, 3.8) is 0 Å². The summed E-state index contributed by atoms with van der Waals surface area (Å²) in [6.45, 7) is 3.47. The number of rotatable bonds is 5. The number of carbonyl (C=O) groups is 2. The van der Waals surface area contributed by atoms with Crippen LogP contribution in [0.25, 0.3) is 0 Å². The third-order valence-electron chi connectivity index (χ3n) is 2.92. The van der Waals surface area contributed by atoms with E-state index in [2.05, 4.69) is 24.9 Å². The molecule has 1 unspecified atom stereocenters. The van der Waals surface area contributed by atoms with Crippen LogP contribution in [-0.2, 0) is 16.0 Å². The van der Waals surface area contributed by atoms with Crippen LogP contribution in [0.3, 0.4) is 0 Å². The monoisotopic (exact) mass is 280 g/mol. The van der Waals surface area contributed by atoms with Crippen LogP contribution in [0.2, 0.25) is 0 Å². The standard InChI is InChI=1S/C14H20N2O2S/c1-4-11-5-7-12(8-6-11)16(3)14(18)13(9-19)15-10(2)17/h5-8,13,19H,4,9H2,1-3H3,(H,15,17). The minimum absolute atomic E-state index is 0.172. The van der Waals surface area contributed by atoms with Crippen molar-refractivity contribution < 1.29 is 9.59 Å². The Kier molecular flexibility index (Phi) is 5.89. The summed E-state index contributed by atoms with van der Waals surface area (Å²) in [6.07, 6.45) is 0.961. The number of nitrogens with one attached hydrogen (secondary N) is 1. The van der Waals surface area contributed by atoms with Gasteiger partial charge in [-0.05, 0) is 24.1 Å². The second kappa shape index (κ2) is 7.19. The number of aryl methyl sites for hydroxylation is 1. The molecule has 0 bridgehead atoms. The van der Waals surface area contributed by atoms with E-state index in [-0.39, 0.29) is 17.6 Å². The number of benzene rings is 1. The van der Waals surface area contributed by atoms with E-state index in [0.717, 1.165) is 12.1 Å². The minimum Gasteiger partial charge on any atom is -0.344 e. The van der Waals surface area contributed by atoms with Crippen molar-refractivity contribution in [1.82, 2.24) is 5.32 Å². The van der Waals surface area contributed by atoms with Crippen LogP contribution < -0.4 is 10.2 Å². The maximum Gasteiger partial charge on any atom is 0.250 e. The van der Waals surface area contributed by atoms with Gasteiger partial charge in [-0.25, -0.2) is 0 Å². The third-order valence-corrected chi connectivity index (χ3v) is 3.29. The van der Waals surface area contributed by atoms with Gasteiger partial charge in [0.05, 0.1) is 0 Å². The summed E-state index contributed by atoms with van der Waals surface area (Å²) >= 11 is 4.11. The van der Waals surface area contributed by atoms with Crippen LogP contribution in [0.5, 0.6) is 0 Å². The predicted molar refractivity (Wildman–Crippen MR) is 80.7 cm³/mol. The molecule has 0 aliphatic heterocycles. The number of hydrogen-bond acceptors (Lipinski definition) is 3. The highest BCUT2D eigenvalue weighted by Gasteiger charge is 2.22. The van der Waals surface area contributed by atoms with E-state index in [0.29, 0.717) is 0 Å². The number of amides is 2. The maximum absolute atomic E-state index is 12.2. The molecule has 2 amide bonds. The molecule has 0 heterocycles. The van der Waals surface area contributed by atoms with Crippen molar-refractivity contribution in [2.45, 2.75) is 26.3 Å². The van der Waals surface area contributed by atoms with Crippen molar-refractivity contribution in [1.29, 1.82) is 0 Å². The number of hydrogen-bond donors (Lipinski definition) is 2. The van der Waals surface area contributed by atoms with Crippen molar-refractivity contribution in [2.75, 3.05) is 17.7 Å². The van der Waals surface area contributed by atoms with Crippen LogP contribution in [0.4, 0.5) is 5.69 Å². The van der Waals surface area contributed by atoms with Crippen molar-refractivity contribution in [3.05, 3.63) is 29.8 Å². The van der Waals surface area contributed by atoms with E-state index in [4.69, 9.17) is 0 Å². The molecule has 1 rings (SSSR count). The van der Waals surface area contributed by atoms with E-state index in [9.17, 15) is 9.59 Å². The Hall–Kier alpha value is -1.49. The SMILES string of the molecule is CCc1ccc(N(C)C(=O)C(CS)NC(C)=O)cc1. The summed E-state index contributed by atoms with van der Waals surface area (Å²) < 4.78 is 0. The largest absolute Gasteiger partial charge is 0.344 e. The number of anilines is 1. The quantitative estimate of drug-likeness (QED) is 0.806. The summed E-state index contributed by atoms with van der Waals surface area (Å²) in [4.78, 5) is 24.8. The summed E-state index contributed by atoms with van der Waals surface area (Å²) in [5.74, 6) is -0.132. The fraction of sp³-hybridized carbons (Fsp3) is 0.429. The first-order valence-corrected chi connectivity index (χ1v) is 6.87. The molecule has 0 aromatic heterocycles. The Morgan fingerprint density at radius 2 is 1.89 bits per heavy atom. The highest BCUT2D eigenvalue weighted by atomic mass is 32.1. The average molecular weight is 280 g/mol. The Bertz CT molecular complexity index is 445. The summed E-state index contributed by atoms with van der Waals surface area (Å²) in [5.41, 5.74) is 2.02. The van der Waals surface area contributed by atoms with E-state index in [1.165, 1.54) is 17.4 Å². The van der Waals surface area contributed by atoms with Gasteiger partial charge < -0.3 is 10.2 Å². The Morgan fingerprint density at radius 1 is 1.32 bits per heavy atom. The van der Waals surface area contributed by atoms with E-state index in [1.54, 1.807) is 7.05 Å². The second-order valence-corrected chi connectivity index (χ2v) is 4.72. The van der Waals surface area contributed by atoms with Crippen LogP contribution in [0.1, 0.15) is 19.4 Å². The lowest BCUT2D eigenvalue weighted by Crippen LogP contribution is -2.48. The molecule has 0 saturated carbocycles. The zero-order valence-electron chi connectivity index (χ0n) is 11.5. The summed E-state index contributed by atoms with van der Waals surface area (Å²) in [7, 11) is 1.70. The molecule has 0 fully saturated rings. The first-order chi connectivity index (χ1) is 8.99. The number of nitrogens with zero attached hydrogens (tertiary/aromatic N) is 1. The Labute approximate surface area is 119 Å². The highest BCUT2D eigenvalue weighted by Crippen LogP contribution is 2.15. The van der Waals surface area contributed by atoms with Gasteiger partial charge in [0.15, 0.2) is 0 Å². The molecule has 19 heavy (non-hydrogen) atoms. The highest BCUT2D eigenvalue weighted by molar-refractivity contribution is 7.80. The van der Waals surface area contributed by atoms with Gasteiger partial charge in [0.25, 0.3) is 0 Å². The maximum atomic E-state index is 12.2. The Morgan fingerprint density at radius 3 is 2.32 bits per heavy atom. The topological polar surface area (TPSA) is 49.4 Å². The van der Waals surface area contributed by atoms with Crippen LogP contribution in [0, 0.1) is 0 Å². The minimum atomic E-state index is -0.600. The smallest absolute Gasteiger partial charge is 0.250 e. The predicted octanol–water partition coefficient (Wildman–Crippen LogP) is 1.65. The van der Waals surface area contributed by atoms with Gasteiger partial charge in [0.2, 0.25) is 11.8 Å². The van der Waals surface area contributed by atoms with Crippen LogP contribution >= 0.6 is 12.6 Å². The molecule has 1 aromatic rings. The molecule has 1 aromatic carbocycles. The molecule has 0 aliphatic carbocycles. The van der Waals surface area contributed by atoms with Gasteiger partial charge in [-0.15, -0.1) is 0 Å². The van der Waals surface area contributed by atoms with Crippen molar-refractivity contribution in [3.8, 4) is 0 Å². The zero-order valence-corrected chi connectivity index (χ0v) is 12.4. The first kappa shape index (κ1) is 15.6. The Balaban J connectivity index is 2.81. The molecule has 0 spiro atoms. The number of thiol groups is 1. The van der Waals surface area contributed by atoms with Crippen LogP contribution in [0.15, 0.2) is 24.3 Å². The molecular weight excluding hydrogens is 260 g/mol. The molecule has 1 N–H and O–H groups in total. The summed E-state index contributed by atoms with van der Waals surface area (Å²) in [6, 6.07) is 7.19. The lowest BCUT2D eigenvalue weighted by molar-refractivity contribution is -0.125. The zero-order chi connectivity index (χ0) is 14.4. The number of likely N-dealkylation sites (N-methyl/N-ethyl adjacent to an activating group) is 1. The van der Waals surface area contributed by atoms with Gasteiger partial charge in [-0.3, -0.25) is 9.59 Å². The fourth-order valence-corrected chi connectivity index (χ4v) is 1.99.